The molecule has 0 aliphatic heterocycles. The highest BCUT2D eigenvalue weighted by Gasteiger charge is 2.16. The topological polar surface area (TPSA) is 64.7 Å². The van der Waals surface area contributed by atoms with Crippen molar-refractivity contribution in [2.45, 2.75) is 6.54 Å². The summed E-state index contributed by atoms with van der Waals surface area (Å²) < 4.78 is 16.7. The van der Waals surface area contributed by atoms with Gasteiger partial charge in [-0.3, -0.25) is 14.2 Å². The monoisotopic (exact) mass is 411 g/mol. The molecule has 0 atom stereocenters. The van der Waals surface area contributed by atoms with Crippen LogP contribution in [-0.2, 0) is 13.6 Å². The number of aromatic nitrogens is 4. The zero-order valence-electron chi connectivity index (χ0n) is 12.5. The number of anilines is 1. The Balaban J connectivity index is 1.73. The van der Waals surface area contributed by atoms with Crippen LogP contribution >= 0.6 is 27.5 Å². The highest BCUT2D eigenvalue weighted by atomic mass is 79.9. The first-order chi connectivity index (χ1) is 11.4. The van der Waals surface area contributed by atoms with E-state index < -0.39 is 0 Å². The van der Waals surface area contributed by atoms with Gasteiger partial charge in [-0.2, -0.15) is 10.2 Å². The van der Waals surface area contributed by atoms with Crippen molar-refractivity contribution in [2.24, 2.45) is 7.05 Å². The molecule has 0 unspecified atom stereocenters. The molecule has 0 aliphatic rings. The molecule has 0 radical (unpaired) electrons. The van der Waals surface area contributed by atoms with Crippen molar-refractivity contribution in [3.05, 3.63) is 63.2 Å². The lowest BCUT2D eigenvalue weighted by molar-refractivity contribution is 0.101. The minimum absolute atomic E-state index is 0.327. The van der Waals surface area contributed by atoms with Crippen LogP contribution in [0.3, 0.4) is 0 Å². The van der Waals surface area contributed by atoms with Gasteiger partial charge in [0.05, 0.1) is 17.2 Å². The van der Waals surface area contributed by atoms with Crippen LogP contribution in [0.1, 0.15) is 16.1 Å². The van der Waals surface area contributed by atoms with E-state index in [4.69, 9.17) is 11.6 Å². The third-order valence-electron chi connectivity index (χ3n) is 3.34. The molecular weight excluding hydrogens is 401 g/mol. The molecule has 0 bridgehead atoms. The van der Waals surface area contributed by atoms with E-state index in [1.54, 1.807) is 36.3 Å². The molecule has 0 saturated carbocycles. The first kappa shape index (κ1) is 16.7. The third kappa shape index (κ3) is 3.49. The van der Waals surface area contributed by atoms with E-state index in [0.717, 1.165) is 5.56 Å². The van der Waals surface area contributed by atoms with Crippen molar-refractivity contribution in [3.8, 4) is 0 Å². The van der Waals surface area contributed by atoms with Gasteiger partial charge in [0.2, 0.25) is 0 Å². The Morgan fingerprint density at radius 2 is 2.21 bits per heavy atom. The number of amides is 1. The van der Waals surface area contributed by atoms with Crippen molar-refractivity contribution in [1.29, 1.82) is 0 Å². The predicted molar refractivity (Wildman–Crippen MR) is 91.6 cm³/mol. The van der Waals surface area contributed by atoms with E-state index in [1.807, 2.05) is 0 Å². The number of hydrogen-bond donors (Lipinski definition) is 1. The van der Waals surface area contributed by atoms with E-state index >= 15 is 0 Å². The van der Waals surface area contributed by atoms with Crippen LogP contribution in [0, 0.1) is 5.82 Å². The quantitative estimate of drug-likeness (QED) is 0.713. The first-order valence-electron chi connectivity index (χ1n) is 6.90. The third-order valence-corrected chi connectivity index (χ3v) is 4.27. The summed E-state index contributed by atoms with van der Waals surface area (Å²) in [5, 5.41) is 11.3. The van der Waals surface area contributed by atoms with Gasteiger partial charge < -0.3 is 5.32 Å². The van der Waals surface area contributed by atoms with Crippen LogP contribution in [0.2, 0.25) is 5.02 Å². The zero-order chi connectivity index (χ0) is 17.3. The molecule has 0 saturated heterocycles. The van der Waals surface area contributed by atoms with E-state index in [-0.39, 0.29) is 11.7 Å². The highest BCUT2D eigenvalue weighted by molar-refractivity contribution is 9.10. The molecule has 124 valence electrons. The number of halogens is 3. The molecule has 9 heteroatoms. The average Bonchev–Trinajstić information content (AvgIpc) is 3.08. The van der Waals surface area contributed by atoms with Crippen molar-refractivity contribution in [2.75, 3.05) is 5.32 Å². The summed E-state index contributed by atoms with van der Waals surface area (Å²) in [5.74, 6) is -0.322. The molecule has 3 rings (SSSR count). The Kier molecular flexibility index (Phi) is 4.68. The van der Waals surface area contributed by atoms with Crippen molar-refractivity contribution in [1.82, 2.24) is 19.6 Å². The smallest absolute Gasteiger partial charge is 0.276 e. The van der Waals surface area contributed by atoms with Gasteiger partial charge in [0.25, 0.3) is 5.91 Å². The molecule has 6 nitrogen and oxygen atoms in total. The number of carbonyl (C=O) groups is 1. The van der Waals surface area contributed by atoms with Crippen LogP contribution < -0.4 is 5.32 Å². The van der Waals surface area contributed by atoms with Crippen LogP contribution in [0.15, 0.2) is 41.1 Å². The molecule has 0 fully saturated rings. The number of hydrogen-bond acceptors (Lipinski definition) is 3. The van der Waals surface area contributed by atoms with Crippen LogP contribution in [0.5, 0.6) is 0 Å². The summed E-state index contributed by atoms with van der Waals surface area (Å²) in [7, 11) is 1.68. The molecule has 1 aromatic carbocycles. The van der Waals surface area contributed by atoms with Gasteiger partial charge in [-0.05, 0) is 33.6 Å². The Bertz CT molecular complexity index is 888. The highest BCUT2D eigenvalue weighted by Crippen LogP contribution is 2.19. The van der Waals surface area contributed by atoms with Crippen molar-refractivity contribution >= 4 is 39.3 Å². The average molecular weight is 413 g/mol. The Morgan fingerprint density at radius 3 is 2.88 bits per heavy atom. The fraction of sp³-hybridized carbons (Fsp3) is 0.133. The fourth-order valence-electron chi connectivity index (χ4n) is 2.18. The predicted octanol–water partition coefficient (Wildman–Crippen LogP) is 3.47. The normalized spacial score (nSPS) is 10.8. The fourth-order valence-corrected chi connectivity index (χ4v) is 2.94. The molecule has 0 aliphatic carbocycles. The standard InChI is InChI=1S/C15H12BrClFN5O/c1-22-14(11(16)7-19-22)15(24)20-13-4-5-23(21-13)8-9-2-3-10(18)6-12(9)17/h2-7H,8H2,1H3,(H,20,21,24). The van der Waals surface area contributed by atoms with Crippen LogP contribution in [0.25, 0.3) is 0 Å². The molecule has 1 N–H and O–H groups in total. The molecule has 2 heterocycles. The number of aryl methyl sites for hydroxylation is 1. The van der Waals surface area contributed by atoms with Gasteiger partial charge in [-0.15, -0.1) is 0 Å². The minimum atomic E-state index is -0.390. The zero-order valence-corrected chi connectivity index (χ0v) is 14.8. The second-order valence-electron chi connectivity index (χ2n) is 5.05. The minimum Gasteiger partial charge on any atom is -0.304 e. The maximum atomic E-state index is 13.1. The molecule has 1 amide bonds. The Labute approximate surface area is 150 Å². The number of nitrogens with one attached hydrogen (secondary N) is 1. The number of carbonyl (C=O) groups excluding carboxylic acids is 1. The summed E-state index contributed by atoms with van der Waals surface area (Å²) in [4.78, 5) is 12.3. The SMILES string of the molecule is Cn1ncc(Br)c1C(=O)Nc1ccn(Cc2ccc(F)cc2Cl)n1. The van der Waals surface area contributed by atoms with Crippen LogP contribution in [0.4, 0.5) is 10.2 Å². The van der Waals surface area contributed by atoms with Crippen molar-refractivity contribution in [3.63, 3.8) is 0 Å². The maximum absolute atomic E-state index is 13.1. The van der Waals surface area contributed by atoms with E-state index in [1.165, 1.54) is 16.8 Å². The summed E-state index contributed by atoms with van der Waals surface area (Å²) in [5.41, 5.74) is 1.12. The molecule has 24 heavy (non-hydrogen) atoms. The molecule has 2 aromatic heterocycles. The first-order valence-corrected chi connectivity index (χ1v) is 8.07. The summed E-state index contributed by atoms with van der Waals surface area (Å²) in [6.07, 6.45) is 3.25. The Hall–Kier alpha value is -2.19. The molecule has 0 spiro atoms. The van der Waals surface area contributed by atoms with E-state index in [9.17, 15) is 9.18 Å². The van der Waals surface area contributed by atoms with Gasteiger partial charge in [-0.1, -0.05) is 17.7 Å². The summed E-state index contributed by atoms with van der Waals surface area (Å²) in [6.45, 7) is 0.365. The van der Waals surface area contributed by atoms with Gasteiger partial charge >= 0.3 is 0 Å². The van der Waals surface area contributed by atoms with Gasteiger partial charge in [-0.25, -0.2) is 4.39 Å². The second-order valence-corrected chi connectivity index (χ2v) is 6.31. The van der Waals surface area contributed by atoms with Gasteiger partial charge in [0.1, 0.15) is 11.5 Å². The Morgan fingerprint density at radius 1 is 1.42 bits per heavy atom. The largest absolute Gasteiger partial charge is 0.304 e. The summed E-state index contributed by atoms with van der Waals surface area (Å²) >= 11 is 9.29. The second kappa shape index (κ2) is 6.74. The lowest BCUT2D eigenvalue weighted by atomic mass is 10.2. The number of rotatable bonds is 4. The molecule has 3 aromatic rings. The lowest BCUT2D eigenvalue weighted by Gasteiger charge is -2.05. The number of nitrogens with zero attached hydrogens (tertiary/aromatic N) is 4. The van der Waals surface area contributed by atoms with Gasteiger partial charge in [0, 0.05) is 24.3 Å². The lowest BCUT2D eigenvalue weighted by Crippen LogP contribution is -2.17. The van der Waals surface area contributed by atoms with Crippen LogP contribution in [-0.4, -0.2) is 25.5 Å². The summed E-state index contributed by atoms with van der Waals surface area (Å²) in [6, 6.07) is 5.86. The van der Waals surface area contributed by atoms with Gasteiger partial charge in [0.15, 0.2) is 5.82 Å². The van der Waals surface area contributed by atoms with E-state index in [0.29, 0.717) is 27.6 Å². The van der Waals surface area contributed by atoms with E-state index in [2.05, 4.69) is 31.4 Å². The van der Waals surface area contributed by atoms with Crippen molar-refractivity contribution < 1.29 is 9.18 Å². The maximum Gasteiger partial charge on any atom is 0.276 e. The number of benzene rings is 1. The molecular formula is C15H12BrClFN5O.